The van der Waals surface area contributed by atoms with Crippen LogP contribution in [0.15, 0.2) is 53.4 Å². The second-order valence-electron chi connectivity index (χ2n) is 8.25. The monoisotopic (exact) mass is 514 g/mol. The van der Waals surface area contributed by atoms with E-state index in [9.17, 15) is 17.6 Å². The molecule has 0 bridgehead atoms. The van der Waals surface area contributed by atoms with Crippen LogP contribution >= 0.6 is 11.3 Å². The van der Waals surface area contributed by atoms with Crippen molar-refractivity contribution in [1.29, 1.82) is 0 Å². The van der Waals surface area contributed by atoms with Crippen molar-refractivity contribution in [1.82, 2.24) is 14.1 Å². The molecule has 0 spiro atoms. The molecule has 1 aliphatic heterocycles. The highest BCUT2D eigenvalue weighted by molar-refractivity contribution is 7.89. The second kappa shape index (κ2) is 9.15. The number of sulfonamides is 1. The zero-order valence-electron chi connectivity index (χ0n) is 19.1. The van der Waals surface area contributed by atoms with E-state index in [0.717, 1.165) is 15.9 Å². The smallest absolute Gasteiger partial charge is 0.265 e. The molecule has 2 aromatic carbocycles. The van der Waals surface area contributed by atoms with Gasteiger partial charge in [0.05, 0.1) is 34.4 Å². The topological polar surface area (TPSA) is 93.5 Å². The number of benzene rings is 2. The van der Waals surface area contributed by atoms with Gasteiger partial charge in [-0.25, -0.2) is 17.5 Å². The molecule has 0 atom stereocenters. The number of hydrogen-bond donors (Lipinski definition) is 1. The maximum atomic E-state index is 13.3. The molecule has 1 saturated heterocycles. The molecule has 0 unspecified atom stereocenters. The summed E-state index contributed by atoms with van der Waals surface area (Å²) in [4.78, 5) is 14.5. The number of nitrogens with zero attached hydrogens (tertiary/aromatic N) is 3. The molecule has 8 nitrogen and oxygen atoms in total. The van der Waals surface area contributed by atoms with E-state index in [1.807, 2.05) is 6.92 Å². The van der Waals surface area contributed by atoms with Crippen molar-refractivity contribution >= 4 is 43.2 Å². The number of thiophene rings is 1. The van der Waals surface area contributed by atoms with Crippen molar-refractivity contribution in [3.63, 3.8) is 0 Å². The van der Waals surface area contributed by atoms with E-state index in [-0.39, 0.29) is 16.6 Å². The summed E-state index contributed by atoms with van der Waals surface area (Å²) in [5.41, 5.74) is 2.43. The molecule has 0 radical (unpaired) electrons. The third kappa shape index (κ3) is 4.47. The van der Waals surface area contributed by atoms with E-state index >= 15 is 0 Å². The summed E-state index contributed by atoms with van der Waals surface area (Å²) in [7, 11) is -3.71. The lowest BCUT2D eigenvalue weighted by Crippen LogP contribution is -2.40. The maximum absolute atomic E-state index is 13.3. The Morgan fingerprint density at radius 2 is 1.80 bits per heavy atom. The normalized spacial score (nSPS) is 14.9. The molecule has 1 N–H and O–H groups in total. The van der Waals surface area contributed by atoms with Gasteiger partial charge in [-0.05, 0) is 61.9 Å². The van der Waals surface area contributed by atoms with Gasteiger partial charge in [0.2, 0.25) is 10.0 Å². The molecule has 0 saturated carbocycles. The van der Waals surface area contributed by atoms with Gasteiger partial charge in [0.15, 0.2) is 0 Å². The van der Waals surface area contributed by atoms with Crippen LogP contribution < -0.4 is 5.32 Å². The molecule has 5 rings (SSSR count). The maximum Gasteiger partial charge on any atom is 0.265 e. The fourth-order valence-electron chi connectivity index (χ4n) is 3.99. The van der Waals surface area contributed by atoms with Gasteiger partial charge in [-0.1, -0.05) is 6.07 Å². The number of rotatable bonds is 5. The van der Waals surface area contributed by atoms with Crippen molar-refractivity contribution in [2.45, 2.75) is 18.7 Å². The molecule has 3 heterocycles. The Morgan fingerprint density at radius 1 is 1.09 bits per heavy atom. The van der Waals surface area contributed by atoms with Gasteiger partial charge < -0.3 is 10.1 Å². The number of aryl methyl sites for hydroxylation is 2. The van der Waals surface area contributed by atoms with Gasteiger partial charge in [-0.2, -0.15) is 9.40 Å². The van der Waals surface area contributed by atoms with Crippen LogP contribution in [0, 0.1) is 19.7 Å². The predicted octanol–water partition coefficient (Wildman–Crippen LogP) is 4.12. The number of morpholine rings is 1. The van der Waals surface area contributed by atoms with Gasteiger partial charge in [0.1, 0.15) is 10.6 Å². The SMILES string of the molecule is Cc1ccc(NC(=O)c2cc3c(C)nn(-c4ccc(F)cc4)c3s2)cc1S(=O)(=O)N1CCOCC1. The van der Waals surface area contributed by atoms with Crippen LogP contribution in [0.4, 0.5) is 10.1 Å². The van der Waals surface area contributed by atoms with Crippen LogP contribution in [0.25, 0.3) is 15.9 Å². The summed E-state index contributed by atoms with van der Waals surface area (Å²) in [6.07, 6.45) is 0. The molecule has 0 aliphatic carbocycles. The first kappa shape index (κ1) is 23.6. The minimum atomic E-state index is -3.71. The van der Waals surface area contributed by atoms with E-state index < -0.39 is 10.0 Å². The summed E-state index contributed by atoms with van der Waals surface area (Å²) >= 11 is 1.26. The zero-order valence-corrected chi connectivity index (χ0v) is 20.7. The number of nitrogens with one attached hydrogen (secondary N) is 1. The van der Waals surface area contributed by atoms with Crippen LogP contribution in [-0.2, 0) is 14.8 Å². The Bertz CT molecular complexity index is 1520. The van der Waals surface area contributed by atoms with Crippen molar-refractivity contribution in [2.75, 3.05) is 31.6 Å². The zero-order chi connectivity index (χ0) is 24.7. The van der Waals surface area contributed by atoms with Crippen molar-refractivity contribution in [3.8, 4) is 5.69 Å². The first-order valence-corrected chi connectivity index (χ1v) is 13.2. The average Bonchev–Trinajstić information content (AvgIpc) is 3.42. The van der Waals surface area contributed by atoms with Crippen LogP contribution in [0.2, 0.25) is 0 Å². The van der Waals surface area contributed by atoms with Crippen LogP contribution in [0.1, 0.15) is 20.9 Å². The number of ether oxygens (including phenoxy) is 1. The summed E-state index contributed by atoms with van der Waals surface area (Å²) in [6, 6.07) is 12.6. The van der Waals surface area contributed by atoms with Crippen LogP contribution in [0.5, 0.6) is 0 Å². The number of halogens is 1. The highest BCUT2D eigenvalue weighted by atomic mass is 32.2. The minimum absolute atomic E-state index is 0.163. The van der Waals surface area contributed by atoms with E-state index in [1.165, 1.54) is 33.8 Å². The van der Waals surface area contributed by atoms with Gasteiger partial charge >= 0.3 is 0 Å². The molecular weight excluding hydrogens is 491 g/mol. The third-order valence-electron chi connectivity index (χ3n) is 5.87. The standard InChI is InChI=1S/C24H23FN4O4S2/c1-15-3-6-18(13-22(15)35(31,32)28-9-11-33-12-10-28)26-23(30)21-14-20-16(2)27-29(24(20)34-21)19-7-4-17(25)5-8-19/h3-8,13-14H,9-12H2,1-2H3,(H,26,30). The Kier molecular flexibility index (Phi) is 6.18. The Morgan fingerprint density at radius 3 is 2.51 bits per heavy atom. The molecule has 4 aromatic rings. The highest BCUT2D eigenvalue weighted by Crippen LogP contribution is 2.31. The van der Waals surface area contributed by atoms with Gasteiger partial charge in [0.25, 0.3) is 5.91 Å². The number of carbonyl (C=O) groups excluding carboxylic acids is 1. The number of amides is 1. The molecule has 1 amide bonds. The lowest BCUT2D eigenvalue weighted by molar-refractivity contribution is 0.0730. The molecule has 2 aromatic heterocycles. The molecule has 182 valence electrons. The van der Waals surface area contributed by atoms with Crippen molar-refractivity contribution < 1.29 is 22.3 Å². The Balaban J connectivity index is 1.43. The lowest BCUT2D eigenvalue weighted by Gasteiger charge is -2.26. The quantitative estimate of drug-likeness (QED) is 0.433. The number of aromatic nitrogens is 2. The van der Waals surface area contributed by atoms with Crippen molar-refractivity contribution in [3.05, 3.63) is 70.5 Å². The molecule has 35 heavy (non-hydrogen) atoms. The minimum Gasteiger partial charge on any atom is -0.379 e. The lowest BCUT2D eigenvalue weighted by atomic mass is 10.2. The summed E-state index contributed by atoms with van der Waals surface area (Å²) in [5.74, 6) is -0.692. The van der Waals surface area contributed by atoms with E-state index in [4.69, 9.17) is 4.74 Å². The molecule has 1 aliphatic rings. The number of hydrogen-bond acceptors (Lipinski definition) is 6. The fourth-order valence-corrected chi connectivity index (χ4v) is 6.73. The summed E-state index contributed by atoms with van der Waals surface area (Å²) < 4.78 is 48.0. The van der Waals surface area contributed by atoms with Crippen LogP contribution in [-0.4, -0.2) is 54.7 Å². The fraction of sp³-hybridized carbons (Fsp3) is 0.250. The molecule has 1 fully saturated rings. The number of anilines is 1. The van der Waals surface area contributed by atoms with E-state index in [2.05, 4.69) is 10.4 Å². The Labute approximate surface area is 206 Å². The van der Waals surface area contributed by atoms with Crippen molar-refractivity contribution in [2.24, 2.45) is 0 Å². The average molecular weight is 515 g/mol. The second-order valence-corrected chi connectivity index (χ2v) is 11.2. The molecule has 11 heteroatoms. The van der Waals surface area contributed by atoms with E-state index in [0.29, 0.717) is 48.1 Å². The van der Waals surface area contributed by atoms with Gasteiger partial charge in [-0.3, -0.25) is 4.79 Å². The number of fused-ring (bicyclic) bond motifs is 1. The first-order valence-electron chi connectivity index (χ1n) is 11.0. The van der Waals surface area contributed by atoms with Gasteiger partial charge in [-0.15, -0.1) is 11.3 Å². The van der Waals surface area contributed by atoms with Gasteiger partial charge in [0, 0.05) is 24.2 Å². The van der Waals surface area contributed by atoms with E-state index in [1.54, 1.807) is 41.9 Å². The van der Waals surface area contributed by atoms with Crippen LogP contribution in [0.3, 0.4) is 0 Å². The largest absolute Gasteiger partial charge is 0.379 e. The highest BCUT2D eigenvalue weighted by Gasteiger charge is 2.28. The summed E-state index contributed by atoms with van der Waals surface area (Å²) in [6.45, 7) is 4.88. The summed E-state index contributed by atoms with van der Waals surface area (Å²) in [5, 5.41) is 8.16. The number of carbonyl (C=O) groups is 1. The predicted molar refractivity (Wildman–Crippen MR) is 132 cm³/mol. The first-order chi connectivity index (χ1) is 16.7. The molecular formula is C24H23FN4O4S2. The Hall–Kier alpha value is -3.12. The third-order valence-corrected chi connectivity index (χ3v) is 9.02.